The molecule has 0 aliphatic carbocycles. The van der Waals surface area contributed by atoms with Crippen molar-refractivity contribution in [2.75, 3.05) is 19.7 Å². The number of carbonyl (C=O) groups is 1. The van der Waals surface area contributed by atoms with E-state index in [9.17, 15) is 18.0 Å². The number of ether oxygens (including phenoxy) is 1. The van der Waals surface area contributed by atoms with Crippen molar-refractivity contribution in [3.8, 4) is 5.75 Å². The molecule has 7 heteroatoms. The normalized spacial score (nSPS) is 17.9. The zero-order valence-corrected chi connectivity index (χ0v) is 12.1. The Morgan fingerprint density at radius 1 is 1.45 bits per heavy atom. The van der Waals surface area contributed by atoms with Gasteiger partial charge >= 0.3 is 0 Å². The van der Waals surface area contributed by atoms with E-state index in [1.54, 1.807) is 0 Å². The molecular formula is C13H13BrF3NO2. The number of hydrogen-bond acceptors (Lipinski definition) is 2. The average molecular weight is 352 g/mol. The average Bonchev–Trinajstić information content (AvgIpc) is 2.38. The van der Waals surface area contributed by atoms with Gasteiger partial charge in [-0.25, -0.2) is 13.2 Å². The van der Waals surface area contributed by atoms with Crippen LogP contribution < -0.4 is 4.74 Å². The van der Waals surface area contributed by atoms with Crippen molar-refractivity contribution in [2.45, 2.75) is 18.8 Å². The Morgan fingerprint density at radius 3 is 2.90 bits per heavy atom. The highest BCUT2D eigenvalue weighted by atomic mass is 79.9. The van der Waals surface area contributed by atoms with E-state index in [0.717, 1.165) is 11.0 Å². The summed E-state index contributed by atoms with van der Waals surface area (Å²) >= 11 is 3.16. The number of amides is 1. The van der Waals surface area contributed by atoms with Crippen molar-refractivity contribution < 1.29 is 22.7 Å². The number of halogens is 4. The number of nitrogens with zero attached hydrogens (tertiary/aromatic N) is 1. The molecule has 2 rings (SSSR count). The van der Waals surface area contributed by atoms with Crippen LogP contribution in [0.5, 0.6) is 5.75 Å². The van der Waals surface area contributed by atoms with E-state index in [4.69, 9.17) is 4.74 Å². The summed E-state index contributed by atoms with van der Waals surface area (Å²) in [5.74, 6) is -3.70. The maximum atomic E-state index is 13.2. The van der Waals surface area contributed by atoms with Gasteiger partial charge in [-0.2, -0.15) is 0 Å². The highest BCUT2D eigenvalue weighted by Gasteiger charge is 2.37. The molecule has 3 nitrogen and oxygen atoms in total. The molecule has 110 valence electrons. The molecule has 1 aliphatic rings. The van der Waals surface area contributed by atoms with Crippen LogP contribution in [0.2, 0.25) is 0 Å². The fraction of sp³-hybridized carbons (Fsp3) is 0.462. The van der Waals surface area contributed by atoms with Crippen LogP contribution in [0.25, 0.3) is 0 Å². The summed E-state index contributed by atoms with van der Waals surface area (Å²) in [5.41, 5.74) is 0. The molecule has 1 saturated heterocycles. The Labute approximate surface area is 122 Å². The van der Waals surface area contributed by atoms with E-state index in [0.29, 0.717) is 11.0 Å². The second-order valence-electron chi connectivity index (χ2n) is 4.64. The van der Waals surface area contributed by atoms with Crippen LogP contribution >= 0.6 is 15.9 Å². The number of rotatable bonds is 3. The van der Waals surface area contributed by atoms with Crippen LogP contribution in [-0.4, -0.2) is 36.4 Å². The Morgan fingerprint density at radius 2 is 2.20 bits per heavy atom. The van der Waals surface area contributed by atoms with Gasteiger partial charge in [0.05, 0.1) is 11.0 Å². The summed E-state index contributed by atoms with van der Waals surface area (Å²) in [6.07, 6.45) is 0.0650. The molecule has 1 fully saturated rings. The third kappa shape index (κ3) is 3.88. The first-order chi connectivity index (χ1) is 9.37. The lowest BCUT2D eigenvalue weighted by atomic mass is 10.1. The van der Waals surface area contributed by atoms with Crippen LogP contribution in [-0.2, 0) is 4.79 Å². The maximum absolute atomic E-state index is 13.2. The molecule has 0 spiro atoms. The van der Waals surface area contributed by atoms with Crippen molar-refractivity contribution in [1.29, 1.82) is 0 Å². The quantitative estimate of drug-likeness (QED) is 0.836. The zero-order valence-electron chi connectivity index (χ0n) is 10.5. The second kappa shape index (κ2) is 6.03. The van der Waals surface area contributed by atoms with Crippen molar-refractivity contribution in [1.82, 2.24) is 4.90 Å². The molecule has 1 aromatic carbocycles. The molecule has 1 aromatic rings. The number of benzene rings is 1. The van der Waals surface area contributed by atoms with Gasteiger partial charge in [-0.05, 0) is 34.5 Å². The Kier molecular flexibility index (Phi) is 4.57. The number of likely N-dealkylation sites (tertiary alicyclic amines) is 1. The summed E-state index contributed by atoms with van der Waals surface area (Å²) in [7, 11) is 0. The van der Waals surface area contributed by atoms with Gasteiger partial charge in [0.1, 0.15) is 11.6 Å². The molecule has 0 aromatic heterocycles. The zero-order chi connectivity index (χ0) is 14.8. The smallest absolute Gasteiger partial charge is 0.265 e. The maximum Gasteiger partial charge on any atom is 0.265 e. The van der Waals surface area contributed by atoms with Gasteiger partial charge in [0.2, 0.25) is 0 Å². The van der Waals surface area contributed by atoms with Gasteiger partial charge in [-0.3, -0.25) is 4.79 Å². The summed E-state index contributed by atoms with van der Waals surface area (Å²) in [6, 6.07) is 3.82. The van der Waals surface area contributed by atoms with Crippen LogP contribution in [0, 0.1) is 5.82 Å². The van der Waals surface area contributed by atoms with Crippen LogP contribution in [0.4, 0.5) is 13.2 Å². The fourth-order valence-electron chi connectivity index (χ4n) is 2.00. The van der Waals surface area contributed by atoms with Crippen molar-refractivity contribution in [3.05, 3.63) is 28.5 Å². The minimum atomic E-state index is -2.84. The lowest BCUT2D eigenvalue weighted by molar-refractivity contribution is -0.143. The second-order valence-corrected chi connectivity index (χ2v) is 5.49. The van der Waals surface area contributed by atoms with E-state index in [-0.39, 0.29) is 18.6 Å². The molecule has 0 atom stereocenters. The molecule has 1 heterocycles. The number of carbonyl (C=O) groups excluding carboxylic acids is 1. The minimum Gasteiger partial charge on any atom is -0.482 e. The van der Waals surface area contributed by atoms with Crippen molar-refractivity contribution >= 4 is 21.8 Å². The molecular weight excluding hydrogens is 339 g/mol. The molecule has 0 bridgehead atoms. The largest absolute Gasteiger partial charge is 0.482 e. The molecule has 20 heavy (non-hydrogen) atoms. The molecule has 0 saturated carbocycles. The minimum absolute atomic E-state index is 0.169. The predicted molar refractivity (Wildman–Crippen MR) is 70.4 cm³/mol. The first-order valence-electron chi connectivity index (χ1n) is 6.11. The molecule has 0 unspecified atom stereocenters. The van der Waals surface area contributed by atoms with E-state index in [1.165, 1.54) is 12.1 Å². The lowest BCUT2D eigenvalue weighted by Gasteiger charge is -2.32. The van der Waals surface area contributed by atoms with Gasteiger partial charge in [0.15, 0.2) is 6.61 Å². The van der Waals surface area contributed by atoms with E-state index < -0.39 is 30.8 Å². The molecule has 0 radical (unpaired) electrons. The van der Waals surface area contributed by atoms with Gasteiger partial charge in [-0.1, -0.05) is 0 Å². The highest BCUT2D eigenvalue weighted by molar-refractivity contribution is 9.10. The molecule has 1 amide bonds. The summed E-state index contributed by atoms with van der Waals surface area (Å²) < 4.78 is 45.1. The third-order valence-corrected chi connectivity index (χ3v) is 3.64. The highest BCUT2D eigenvalue weighted by Crippen LogP contribution is 2.28. The monoisotopic (exact) mass is 351 g/mol. The van der Waals surface area contributed by atoms with Gasteiger partial charge < -0.3 is 9.64 Å². The van der Waals surface area contributed by atoms with Crippen LogP contribution in [0.15, 0.2) is 22.7 Å². The summed E-state index contributed by atoms with van der Waals surface area (Å²) in [6.45, 7) is -0.681. The third-order valence-electron chi connectivity index (χ3n) is 2.99. The van der Waals surface area contributed by atoms with Crippen LogP contribution in [0.1, 0.15) is 12.8 Å². The predicted octanol–water partition coefficient (Wildman–Crippen LogP) is 3.22. The standard InChI is InChI=1S/C13H13BrF3NO2/c14-10-3-2-9(15)6-11(10)20-7-12(19)18-5-1-4-13(16,17)8-18/h2-3,6H,1,4-5,7-8H2. The number of alkyl halides is 2. The Balaban J connectivity index is 1.93. The number of piperidine rings is 1. The molecule has 1 aliphatic heterocycles. The topological polar surface area (TPSA) is 29.5 Å². The fourth-order valence-corrected chi connectivity index (χ4v) is 2.36. The first kappa shape index (κ1) is 15.2. The Bertz CT molecular complexity index is 510. The molecule has 0 N–H and O–H groups in total. The first-order valence-corrected chi connectivity index (χ1v) is 6.90. The van der Waals surface area contributed by atoms with E-state index >= 15 is 0 Å². The SMILES string of the molecule is O=C(COc1cc(F)ccc1Br)N1CCCC(F)(F)C1. The Hall–Kier alpha value is -1.24. The van der Waals surface area contributed by atoms with E-state index in [2.05, 4.69) is 15.9 Å². The van der Waals surface area contributed by atoms with Crippen molar-refractivity contribution in [3.63, 3.8) is 0 Å². The van der Waals surface area contributed by atoms with E-state index in [1.807, 2.05) is 0 Å². The number of hydrogen-bond donors (Lipinski definition) is 0. The van der Waals surface area contributed by atoms with Gasteiger partial charge in [0.25, 0.3) is 11.8 Å². The summed E-state index contributed by atoms with van der Waals surface area (Å²) in [4.78, 5) is 12.9. The van der Waals surface area contributed by atoms with Gasteiger partial charge in [0, 0.05) is 19.0 Å². The lowest BCUT2D eigenvalue weighted by Crippen LogP contribution is -2.47. The van der Waals surface area contributed by atoms with Crippen LogP contribution in [0.3, 0.4) is 0 Å². The van der Waals surface area contributed by atoms with Gasteiger partial charge in [-0.15, -0.1) is 0 Å². The van der Waals surface area contributed by atoms with Crippen molar-refractivity contribution in [2.24, 2.45) is 0 Å². The summed E-state index contributed by atoms with van der Waals surface area (Å²) in [5, 5.41) is 0.